The molecule has 0 saturated carbocycles. The zero-order valence-corrected chi connectivity index (χ0v) is 10.4. The van der Waals surface area contributed by atoms with E-state index >= 15 is 0 Å². The van der Waals surface area contributed by atoms with E-state index in [0.29, 0.717) is 12.4 Å². The highest BCUT2D eigenvalue weighted by molar-refractivity contribution is 6.17. The highest BCUT2D eigenvalue weighted by Gasteiger charge is 2.06. The normalized spacial score (nSPS) is 10.7. The van der Waals surface area contributed by atoms with Gasteiger partial charge in [-0.2, -0.15) is 0 Å². The van der Waals surface area contributed by atoms with Gasteiger partial charge in [0.25, 0.3) is 5.56 Å². The summed E-state index contributed by atoms with van der Waals surface area (Å²) >= 11 is 5.67. The maximum absolute atomic E-state index is 11.8. The first kappa shape index (κ1) is 12.0. The van der Waals surface area contributed by atoms with Crippen LogP contribution >= 0.6 is 11.6 Å². The van der Waals surface area contributed by atoms with E-state index < -0.39 is 0 Å². The number of halogens is 1. The lowest BCUT2D eigenvalue weighted by Crippen LogP contribution is -2.19. The zero-order chi connectivity index (χ0) is 12.3. The Hall–Kier alpha value is -1.48. The lowest BCUT2D eigenvalue weighted by Gasteiger charge is -2.11. The molecule has 0 bridgehead atoms. The summed E-state index contributed by atoms with van der Waals surface area (Å²) in [6.07, 6.45) is 0.776. The molecule has 0 aliphatic carbocycles. The lowest BCUT2D eigenvalue weighted by molar-refractivity contribution is 0.419. The summed E-state index contributed by atoms with van der Waals surface area (Å²) in [4.78, 5) is 11.8. The van der Waals surface area contributed by atoms with Crippen molar-refractivity contribution in [1.29, 1.82) is 0 Å². The van der Waals surface area contributed by atoms with Crippen LogP contribution in [0, 0.1) is 0 Å². The highest BCUT2D eigenvalue weighted by Crippen LogP contribution is 2.23. The van der Waals surface area contributed by atoms with Crippen molar-refractivity contribution in [3.8, 4) is 5.75 Å². The Morgan fingerprint density at radius 3 is 2.82 bits per heavy atom. The van der Waals surface area contributed by atoms with Gasteiger partial charge in [0.2, 0.25) is 0 Å². The van der Waals surface area contributed by atoms with Crippen molar-refractivity contribution in [3.63, 3.8) is 0 Å². The van der Waals surface area contributed by atoms with Gasteiger partial charge in [-0.1, -0.05) is 6.07 Å². The first-order valence-corrected chi connectivity index (χ1v) is 6.04. The number of alkyl halides is 1. The predicted octanol–water partition coefficient (Wildman–Crippen LogP) is 2.64. The first-order chi connectivity index (χ1) is 8.27. The summed E-state index contributed by atoms with van der Waals surface area (Å²) in [5.41, 5.74) is 0.887. The van der Waals surface area contributed by atoms with Gasteiger partial charge in [-0.3, -0.25) is 4.79 Å². The molecule has 0 fully saturated rings. The van der Waals surface area contributed by atoms with Crippen molar-refractivity contribution in [2.75, 3.05) is 13.0 Å². The topological polar surface area (TPSA) is 31.2 Å². The second-order valence-electron chi connectivity index (χ2n) is 3.76. The molecule has 0 atom stereocenters. The Kier molecular flexibility index (Phi) is 3.69. The van der Waals surface area contributed by atoms with Gasteiger partial charge in [-0.05, 0) is 24.6 Å². The fraction of sp³-hybridized carbons (Fsp3) is 0.308. The molecule has 2 rings (SSSR count). The van der Waals surface area contributed by atoms with Crippen molar-refractivity contribution in [2.24, 2.45) is 0 Å². The fourth-order valence-corrected chi connectivity index (χ4v) is 2.04. The van der Waals surface area contributed by atoms with Crippen LogP contribution < -0.4 is 10.3 Å². The highest BCUT2D eigenvalue weighted by atomic mass is 35.5. The molecule has 3 nitrogen and oxygen atoms in total. The van der Waals surface area contributed by atoms with Gasteiger partial charge in [0.15, 0.2) is 0 Å². The van der Waals surface area contributed by atoms with Gasteiger partial charge in [-0.25, -0.2) is 0 Å². The molecule has 0 spiro atoms. The number of aryl methyl sites for hydroxylation is 1. The molecular formula is C13H14ClNO2. The maximum atomic E-state index is 11.8. The van der Waals surface area contributed by atoms with E-state index in [4.69, 9.17) is 16.3 Å². The van der Waals surface area contributed by atoms with E-state index in [1.165, 1.54) is 0 Å². The number of nitrogens with zero attached hydrogens (tertiary/aromatic N) is 1. The largest absolute Gasteiger partial charge is 0.496 e. The summed E-state index contributed by atoms with van der Waals surface area (Å²) in [6, 6.07) is 9.07. The van der Waals surface area contributed by atoms with Gasteiger partial charge < -0.3 is 9.30 Å². The molecule has 1 heterocycles. The minimum absolute atomic E-state index is 0.00382. The van der Waals surface area contributed by atoms with Crippen molar-refractivity contribution in [3.05, 3.63) is 40.7 Å². The second kappa shape index (κ2) is 5.23. The number of benzene rings is 1. The van der Waals surface area contributed by atoms with E-state index in [0.717, 1.165) is 23.1 Å². The van der Waals surface area contributed by atoms with Crippen LogP contribution in [0.15, 0.2) is 35.1 Å². The van der Waals surface area contributed by atoms with E-state index in [1.807, 2.05) is 18.2 Å². The SMILES string of the molecule is COc1cccc2c1ccc(=O)n2CCCCl. The molecule has 0 unspecified atom stereocenters. The van der Waals surface area contributed by atoms with Crippen LogP contribution in [0.1, 0.15) is 6.42 Å². The minimum atomic E-state index is -0.00382. The third-order valence-corrected chi connectivity index (χ3v) is 3.00. The number of pyridine rings is 1. The summed E-state index contributed by atoms with van der Waals surface area (Å²) in [6.45, 7) is 0.632. The first-order valence-electron chi connectivity index (χ1n) is 5.50. The molecule has 17 heavy (non-hydrogen) atoms. The molecule has 1 aromatic carbocycles. The van der Waals surface area contributed by atoms with Crippen molar-refractivity contribution in [2.45, 2.75) is 13.0 Å². The Labute approximate surface area is 105 Å². The van der Waals surface area contributed by atoms with Crippen molar-refractivity contribution >= 4 is 22.5 Å². The van der Waals surface area contributed by atoms with Gasteiger partial charge in [0.05, 0.1) is 12.6 Å². The van der Waals surface area contributed by atoms with Crippen LogP contribution in [0.2, 0.25) is 0 Å². The van der Waals surface area contributed by atoms with Gasteiger partial charge >= 0.3 is 0 Å². The average molecular weight is 252 g/mol. The molecule has 0 aliphatic rings. The monoisotopic (exact) mass is 251 g/mol. The van der Waals surface area contributed by atoms with Gasteiger partial charge in [-0.15, -0.1) is 11.6 Å². The van der Waals surface area contributed by atoms with Gasteiger partial charge in [0.1, 0.15) is 5.75 Å². The number of ether oxygens (including phenoxy) is 1. The van der Waals surface area contributed by atoms with Crippen LogP contribution in [0.25, 0.3) is 10.9 Å². The third-order valence-electron chi connectivity index (χ3n) is 2.73. The number of hydrogen-bond acceptors (Lipinski definition) is 2. The van der Waals surface area contributed by atoms with E-state index in [9.17, 15) is 4.79 Å². The van der Waals surface area contributed by atoms with Crippen LogP contribution in [-0.4, -0.2) is 17.6 Å². The summed E-state index contributed by atoms with van der Waals surface area (Å²) in [5, 5.41) is 0.948. The third kappa shape index (κ3) is 2.29. The quantitative estimate of drug-likeness (QED) is 0.783. The molecule has 90 valence electrons. The zero-order valence-electron chi connectivity index (χ0n) is 9.65. The molecule has 1 aromatic heterocycles. The molecule has 4 heteroatoms. The minimum Gasteiger partial charge on any atom is -0.496 e. The van der Waals surface area contributed by atoms with E-state index in [-0.39, 0.29) is 5.56 Å². The number of aromatic nitrogens is 1. The lowest BCUT2D eigenvalue weighted by atomic mass is 10.2. The second-order valence-corrected chi connectivity index (χ2v) is 4.14. The summed E-state index contributed by atoms with van der Waals surface area (Å²) < 4.78 is 7.02. The Bertz CT molecular complexity index is 577. The number of hydrogen-bond donors (Lipinski definition) is 0. The molecule has 0 amide bonds. The molecule has 0 aliphatic heterocycles. The van der Waals surface area contributed by atoms with E-state index in [1.54, 1.807) is 23.8 Å². The smallest absolute Gasteiger partial charge is 0.251 e. The molecule has 0 radical (unpaired) electrons. The summed E-state index contributed by atoms with van der Waals surface area (Å²) in [5.74, 6) is 1.33. The van der Waals surface area contributed by atoms with Crippen LogP contribution in [0.3, 0.4) is 0 Å². The van der Waals surface area contributed by atoms with Crippen molar-refractivity contribution < 1.29 is 4.74 Å². The van der Waals surface area contributed by atoms with Crippen molar-refractivity contribution in [1.82, 2.24) is 4.57 Å². The number of rotatable bonds is 4. The molecular weight excluding hydrogens is 238 g/mol. The van der Waals surface area contributed by atoms with Crippen LogP contribution in [0.4, 0.5) is 0 Å². The fourth-order valence-electron chi connectivity index (χ4n) is 1.93. The van der Waals surface area contributed by atoms with Crippen LogP contribution in [0.5, 0.6) is 5.75 Å². The average Bonchev–Trinajstić information content (AvgIpc) is 2.36. The Balaban J connectivity index is 2.64. The number of methoxy groups -OCH3 is 1. The molecule has 0 saturated heterocycles. The maximum Gasteiger partial charge on any atom is 0.251 e. The predicted molar refractivity (Wildman–Crippen MR) is 70.1 cm³/mol. The Morgan fingerprint density at radius 1 is 1.29 bits per heavy atom. The molecule has 0 N–H and O–H groups in total. The number of fused-ring (bicyclic) bond motifs is 1. The van der Waals surface area contributed by atoms with E-state index in [2.05, 4.69) is 0 Å². The summed E-state index contributed by atoms with van der Waals surface area (Å²) in [7, 11) is 1.63. The van der Waals surface area contributed by atoms with Gasteiger partial charge in [0, 0.05) is 23.9 Å². The Morgan fingerprint density at radius 2 is 2.12 bits per heavy atom. The molecule has 2 aromatic rings. The standard InChI is InChI=1S/C13H14ClNO2/c1-17-12-5-2-4-11-10(12)6-7-13(16)15(11)9-3-8-14/h2,4-7H,3,8-9H2,1H3. The van der Waals surface area contributed by atoms with Crippen LogP contribution in [-0.2, 0) is 6.54 Å².